The van der Waals surface area contributed by atoms with Crippen molar-refractivity contribution in [1.29, 1.82) is 0 Å². The van der Waals surface area contributed by atoms with Gasteiger partial charge in [0.05, 0.1) is 0 Å². The summed E-state index contributed by atoms with van der Waals surface area (Å²) in [4.78, 5) is 24.2. The molecule has 0 aliphatic heterocycles. The first-order valence-electron chi connectivity index (χ1n) is 6.64. The van der Waals surface area contributed by atoms with E-state index in [1.54, 1.807) is 0 Å². The molecular weight excluding hydrogens is 232 g/mol. The topological polar surface area (TPSA) is 69.6 Å². The molecule has 5 heteroatoms. The molecule has 1 unspecified atom stereocenters. The third kappa shape index (κ3) is 3.89. The van der Waals surface area contributed by atoms with Crippen molar-refractivity contribution in [3.63, 3.8) is 0 Å². The zero-order valence-electron chi connectivity index (χ0n) is 11.5. The highest BCUT2D eigenvalue weighted by molar-refractivity contribution is 5.80. The predicted octanol–water partition coefficient (Wildman–Crippen LogP) is 2.07. The fourth-order valence-corrected chi connectivity index (χ4v) is 2.52. The van der Waals surface area contributed by atoms with Crippen molar-refractivity contribution >= 4 is 12.0 Å². The summed E-state index contributed by atoms with van der Waals surface area (Å²) in [6.07, 6.45) is 3.95. The first kappa shape index (κ1) is 14.8. The van der Waals surface area contributed by atoms with Gasteiger partial charge in [-0.05, 0) is 24.7 Å². The van der Waals surface area contributed by atoms with Crippen LogP contribution in [0.3, 0.4) is 0 Å². The van der Waals surface area contributed by atoms with E-state index in [0.29, 0.717) is 6.54 Å². The summed E-state index contributed by atoms with van der Waals surface area (Å²) in [7, 11) is 0. The van der Waals surface area contributed by atoms with E-state index in [2.05, 4.69) is 19.2 Å². The van der Waals surface area contributed by atoms with Crippen LogP contribution in [0.15, 0.2) is 0 Å². The van der Waals surface area contributed by atoms with E-state index in [9.17, 15) is 9.59 Å². The molecule has 18 heavy (non-hydrogen) atoms. The SMILES string of the molecule is CCCN(CC(=O)O)C(=O)NC1CCCC1(C)C. The molecule has 2 amide bonds. The minimum Gasteiger partial charge on any atom is -0.480 e. The molecule has 0 aromatic carbocycles. The van der Waals surface area contributed by atoms with Crippen LogP contribution >= 0.6 is 0 Å². The molecule has 1 rings (SSSR count). The van der Waals surface area contributed by atoms with Crippen LogP contribution in [0, 0.1) is 5.41 Å². The average Bonchev–Trinajstić information content (AvgIpc) is 2.57. The van der Waals surface area contributed by atoms with Crippen LogP contribution in [0.1, 0.15) is 46.5 Å². The lowest BCUT2D eigenvalue weighted by molar-refractivity contribution is -0.137. The van der Waals surface area contributed by atoms with Crippen LogP contribution < -0.4 is 5.32 Å². The summed E-state index contributed by atoms with van der Waals surface area (Å²) < 4.78 is 0. The standard InChI is InChI=1S/C13H24N2O3/c1-4-8-15(9-11(16)17)12(18)14-10-6-5-7-13(10,2)3/h10H,4-9H2,1-3H3,(H,14,18)(H,16,17). The highest BCUT2D eigenvalue weighted by Gasteiger charge is 2.36. The van der Waals surface area contributed by atoms with Crippen LogP contribution in [0.2, 0.25) is 0 Å². The molecule has 0 spiro atoms. The Morgan fingerprint density at radius 1 is 1.44 bits per heavy atom. The number of carbonyl (C=O) groups is 2. The van der Waals surface area contributed by atoms with Crippen molar-refractivity contribution in [2.45, 2.75) is 52.5 Å². The molecule has 0 aromatic heterocycles. The Kier molecular flexibility index (Phi) is 4.99. The second kappa shape index (κ2) is 6.07. The average molecular weight is 256 g/mol. The maximum absolute atomic E-state index is 12.1. The van der Waals surface area contributed by atoms with E-state index in [4.69, 9.17) is 5.11 Å². The predicted molar refractivity (Wildman–Crippen MR) is 69.5 cm³/mol. The number of urea groups is 1. The number of carboxylic acid groups (broad SMARTS) is 1. The van der Waals surface area contributed by atoms with Crippen molar-refractivity contribution in [1.82, 2.24) is 10.2 Å². The molecule has 1 aliphatic carbocycles. The Bertz CT molecular complexity index is 315. The van der Waals surface area contributed by atoms with Gasteiger partial charge in [0.25, 0.3) is 0 Å². The van der Waals surface area contributed by atoms with Gasteiger partial charge in [0.15, 0.2) is 0 Å². The molecule has 0 saturated heterocycles. The molecule has 1 saturated carbocycles. The minimum absolute atomic E-state index is 0.108. The van der Waals surface area contributed by atoms with Gasteiger partial charge in [-0.25, -0.2) is 4.79 Å². The van der Waals surface area contributed by atoms with Crippen LogP contribution in [-0.4, -0.2) is 41.1 Å². The first-order chi connectivity index (χ1) is 8.36. The van der Waals surface area contributed by atoms with Crippen molar-refractivity contribution < 1.29 is 14.7 Å². The quantitative estimate of drug-likeness (QED) is 0.791. The molecule has 104 valence electrons. The van der Waals surface area contributed by atoms with Gasteiger partial charge >= 0.3 is 12.0 Å². The lowest BCUT2D eigenvalue weighted by Crippen LogP contribution is -2.49. The van der Waals surface area contributed by atoms with Crippen LogP contribution in [0.4, 0.5) is 4.79 Å². The van der Waals surface area contributed by atoms with Gasteiger partial charge in [0.2, 0.25) is 0 Å². The van der Waals surface area contributed by atoms with E-state index in [1.165, 1.54) is 4.90 Å². The smallest absolute Gasteiger partial charge is 0.323 e. The number of nitrogens with zero attached hydrogens (tertiary/aromatic N) is 1. The summed E-state index contributed by atoms with van der Waals surface area (Å²) in [6.45, 7) is 6.47. The molecule has 5 nitrogen and oxygen atoms in total. The molecule has 2 N–H and O–H groups in total. The van der Waals surface area contributed by atoms with Crippen molar-refractivity contribution in [3.05, 3.63) is 0 Å². The van der Waals surface area contributed by atoms with Gasteiger partial charge in [-0.2, -0.15) is 0 Å². The molecule has 0 bridgehead atoms. The zero-order chi connectivity index (χ0) is 13.8. The van der Waals surface area contributed by atoms with E-state index < -0.39 is 5.97 Å². The van der Waals surface area contributed by atoms with Gasteiger partial charge in [0.1, 0.15) is 6.54 Å². The minimum atomic E-state index is -0.968. The van der Waals surface area contributed by atoms with Gasteiger partial charge in [-0.3, -0.25) is 4.79 Å². The van der Waals surface area contributed by atoms with Crippen molar-refractivity contribution in [2.75, 3.05) is 13.1 Å². The third-order valence-corrected chi connectivity index (χ3v) is 3.66. The molecular formula is C13H24N2O3. The van der Waals surface area contributed by atoms with Gasteiger partial charge in [0, 0.05) is 12.6 Å². The number of aliphatic carboxylic acids is 1. The maximum Gasteiger partial charge on any atom is 0.323 e. The number of carbonyl (C=O) groups excluding carboxylic acids is 1. The van der Waals surface area contributed by atoms with Gasteiger partial charge in [-0.15, -0.1) is 0 Å². The number of amides is 2. The molecule has 0 heterocycles. The van der Waals surface area contributed by atoms with Crippen molar-refractivity contribution in [2.24, 2.45) is 5.41 Å². The molecule has 1 fully saturated rings. The largest absolute Gasteiger partial charge is 0.480 e. The van der Waals surface area contributed by atoms with Gasteiger partial charge < -0.3 is 15.3 Å². The zero-order valence-corrected chi connectivity index (χ0v) is 11.5. The summed E-state index contributed by atoms with van der Waals surface area (Å²) >= 11 is 0. The van der Waals surface area contributed by atoms with Crippen LogP contribution in [0.5, 0.6) is 0 Å². The molecule has 0 radical (unpaired) electrons. The molecule has 1 aliphatic rings. The fraction of sp³-hybridized carbons (Fsp3) is 0.846. The van der Waals surface area contributed by atoms with Gasteiger partial charge in [-0.1, -0.05) is 27.2 Å². The second-order valence-electron chi connectivity index (χ2n) is 5.70. The Balaban J connectivity index is 2.58. The lowest BCUT2D eigenvalue weighted by Gasteiger charge is -2.30. The van der Waals surface area contributed by atoms with E-state index in [-0.39, 0.29) is 24.0 Å². The first-order valence-corrected chi connectivity index (χ1v) is 6.64. The third-order valence-electron chi connectivity index (χ3n) is 3.66. The molecule has 0 aromatic rings. The maximum atomic E-state index is 12.1. The number of hydrogen-bond acceptors (Lipinski definition) is 2. The summed E-state index contributed by atoms with van der Waals surface area (Å²) in [6, 6.07) is -0.0997. The van der Waals surface area contributed by atoms with E-state index in [1.807, 2.05) is 6.92 Å². The summed E-state index contributed by atoms with van der Waals surface area (Å²) in [5, 5.41) is 11.8. The van der Waals surface area contributed by atoms with Crippen LogP contribution in [-0.2, 0) is 4.79 Å². The number of hydrogen-bond donors (Lipinski definition) is 2. The Labute approximate surface area is 109 Å². The summed E-state index contributed by atoms with van der Waals surface area (Å²) in [5.74, 6) is -0.968. The number of nitrogens with one attached hydrogen (secondary N) is 1. The number of carboxylic acids is 1. The van der Waals surface area contributed by atoms with E-state index >= 15 is 0 Å². The van der Waals surface area contributed by atoms with Crippen LogP contribution in [0.25, 0.3) is 0 Å². The van der Waals surface area contributed by atoms with E-state index in [0.717, 1.165) is 25.7 Å². The fourth-order valence-electron chi connectivity index (χ4n) is 2.52. The number of rotatable bonds is 5. The lowest BCUT2D eigenvalue weighted by atomic mass is 9.87. The monoisotopic (exact) mass is 256 g/mol. The Morgan fingerprint density at radius 3 is 2.56 bits per heavy atom. The normalized spacial score (nSPS) is 21.6. The molecule has 1 atom stereocenters. The highest BCUT2D eigenvalue weighted by Crippen LogP contribution is 2.37. The second-order valence-corrected chi connectivity index (χ2v) is 5.70. The van der Waals surface area contributed by atoms with Crippen molar-refractivity contribution in [3.8, 4) is 0 Å². The Morgan fingerprint density at radius 2 is 2.11 bits per heavy atom. The Hall–Kier alpha value is -1.26. The summed E-state index contributed by atoms with van der Waals surface area (Å²) in [5.41, 5.74) is 0.108. The highest BCUT2D eigenvalue weighted by atomic mass is 16.4.